The zero-order valence-electron chi connectivity index (χ0n) is 10.6. The van der Waals surface area contributed by atoms with E-state index in [2.05, 4.69) is 21.2 Å². The van der Waals surface area contributed by atoms with E-state index in [1.165, 1.54) is 12.1 Å². The lowest BCUT2D eigenvalue weighted by atomic mass is 10.1. The summed E-state index contributed by atoms with van der Waals surface area (Å²) in [6, 6.07) is 10.8. The molecule has 0 spiro atoms. The number of benzene rings is 2. The predicted molar refractivity (Wildman–Crippen MR) is 79.2 cm³/mol. The maximum Gasteiger partial charge on any atom is 0.274 e. The first-order valence-corrected chi connectivity index (χ1v) is 6.73. The molecule has 1 unspecified atom stereocenters. The van der Waals surface area contributed by atoms with Gasteiger partial charge in [-0.15, -0.1) is 0 Å². The van der Waals surface area contributed by atoms with Crippen LogP contribution in [0, 0.1) is 15.9 Å². The lowest BCUT2D eigenvalue weighted by Gasteiger charge is -2.16. The van der Waals surface area contributed by atoms with Crippen LogP contribution in [0.5, 0.6) is 0 Å². The van der Waals surface area contributed by atoms with Crippen molar-refractivity contribution in [1.82, 2.24) is 0 Å². The van der Waals surface area contributed by atoms with Crippen molar-refractivity contribution >= 4 is 27.3 Å². The Hall–Kier alpha value is -1.95. The molecular formula is C14H12BrFN2O2. The SMILES string of the molecule is CC(Nc1ccc(Br)c(F)c1)c1ccccc1[N+](=O)[O-]. The Labute approximate surface area is 123 Å². The fourth-order valence-corrected chi connectivity index (χ4v) is 2.18. The number of nitrogens with one attached hydrogen (secondary N) is 1. The largest absolute Gasteiger partial charge is 0.378 e. The molecular weight excluding hydrogens is 327 g/mol. The first-order chi connectivity index (χ1) is 9.49. The van der Waals surface area contributed by atoms with Crippen LogP contribution < -0.4 is 5.32 Å². The minimum atomic E-state index is -0.421. The molecule has 0 bridgehead atoms. The van der Waals surface area contributed by atoms with Crippen LogP contribution in [-0.4, -0.2) is 4.92 Å². The molecule has 1 N–H and O–H groups in total. The van der Waals surface area contributed by atoms with E-state index in [4.69, 9.17) is 0 Å². The molecule has 0 aliphatic rings. The maximum atomic E-state index is 13.4. The van der Waals surface area contributed by atoms with Gasteiger partial charge in [-0.05, 0) is 41.1 Å². The number of halogens is 2. The Morgan fingerprint density at radius 3 is 2.65 bits per heavy atom. The van der Waals surface area contributed by atoms with Gasteiger partial charge in [-0.2, -0.15) is 0 Å². The van der Waals surface area contributed by atoms with Crippen molar-refractivity contribution < 1.29 is 9.31 Å². The van der Waals surface area contributed by atoms with Crippen molar-refractivity contribution in [1.29, 1.82) is 0 Å². The lowest BCUT2D eigenvalue weighted by molar-refractivity contribution is -0.385. The summed E-state index contributed by atoms with van der Waals surface area (Å²) in [6.07, 6.45) is 0. The van der Waals surface area contributed by atoms with E-state index in [1.54, 1.807) is 37.3 Å². The smallest absolute Gasteiger partial charge is 0.274 e. The minimum Gasteiger partial charge on any atom is -0.378 e. The predicted octanol–water partition coefficient (Wildman–Crippen LogP) is 4.67. The molecule has 0 aromatic heterocycles. The van der Waals surface area contributed by atoms with Gasteiger partial charge >= 0.3 is 0 Å². The Kier molecular flexibility index (Phi) is 4.34. The summed E-state index contributed by atoms with van der Waals surface area (Å²) in [5.74, 6) is -0.384. The Morgan fingerprint density at radius 2 is 2.00 bits per heavy atom. The van der Waals surface area contributed by atoms with Crippen molar-refractivity contribution in [3.63, 3.8) is 0 Å². The van der Waals surface area contributed by atoms with Gasteiger partial charge in [-0.3, -0.25) is 10.1 Å². The van der Waals surface area contributed by atoms with Gasteiger partial charge in [-0.1, -0.05) is 18.2 Å². The maximum absolute atomic E-state index is 13.4. The molecule has 2 aromatic rings. The fourth-order valence-electron chi connectivity index (χ4n) is 1.93. The van der Waals surface area contributed by atoms with Gasteiger partial charge in [0.2, 0.25) is 0 Å². The number of hydrogen-bond acceptors (Lipinski definition) is 3. The monoisotopic (exact) mass is 338 g/mol. The first-order valence-electron chi connectivity index (χ1n) is 5.94. The standard InChI is InChI=1S/C14H12BrFN2O2/c1-9(11-4-2-3-5-14(11)18(19)20)17-10-6-7-12(15)13(16)8-10/h2-9,17H,1H3. The number of anilines is 1. The molecule has 104 valence electrons. The molecule has 6 heteroatoms. The number of nitrogens with zero attached hydrogens (tertiary/aromatic N) is 1. The second-order valence-corrected chi connectivity index (χ2v) is 5.17. The summed E-state index contributed by atoms with van der Waals surface area (Å²) in [6.45, 7) is 1.79. The highest BCUT2D eigenvalue weighted by Gasteiger charge is 2.18. The van der Waals surface area contributed by atoms with E-state index >= 15 is 0 Å². The Morgan fingerprint density at radius 1 is 1.30 bits per heavy atom. The van der Waals surface area contributed by atoms with Crippen LogP contribution in [0.3, 0.4) is 0 Å². The van der Waals surface area contributed by atoms with E-state index in [1.807, 2.05) is 0 Å². The average molecular weight is 339 g/mol. The van der Waals surface area contributed by atoms with E-state index < -0.39 is 4.92 Å². The van der Waals surface area contributed by atoms with Gasteiger partial charge in [0.05, 0.1) is 21.0 Å². The molecule has 0 saturated heterocycles. The highest BCUT2D eigenvalue weighted by atomic mass is 79.9. The number of hydrogen-bond donors (Lipinski definition) is 1. The van der Waals surface area contributed by atoms with Crippen LogP contribution in [0.1, 0.15) is 18.5 Å². The summed E-state index contributed by atoms with van der Waals surface area (Å²) >= 11 is 3.08. The van der Waals surface area contributed by atoms with Crippen molar-refractivity contribution in [2.24, 2.45) is 0 Å². The van der Waals surface area contributed by atoms with E-state index in [9.17, 15) is 14.5 Å². The Balaban J connectivity index is 2.26. The van der Waals surface area contributed by atoms with Crippen molar-refractivity contribution in [3.05, 3.63) is 68.4 Å². The summed E-state index contributed by atoms with van der Waals surface area (Å²) in [5.41, 5.74) is 1.17. The fraction of sp³-hybridized carbons (Fsp3) is 0.143. The van der Waals surface area contributed by atoms with E-state index in [0.717, 1.165) is 0 Å². The summed E-state index contributed by atoms with van der Waals surface area (Å²) < 4.78 is 13.8. The second kappa shape index (κ2) is 6.00. The Bertz CT molecular complexity index is 649. The quantitative estimate of drug-likeness (QED) is 0.651. The highest BCUT2D eigenvalue weighted by Crippen LogP contribution is 2.28. The third-order valence-corrected chi connectivity index (χ3v) is 3.55. The van der Waals surface area contributed by atoms with Gasteiger partial charge in [0.15, 0.2) is 0 Å². The van der Waals surface area contributed by atoms with E-state index in [0.29, 0.717) is 15.7 Å². The molecule has 0 heterocycles. The molecule has 0 radical (unpaired) electrons. The first kappa shape index (κ1) is 14.5. The number of para-hydroxylation sites is 1. The molecule has 20 heavy (non-hydrogen) atoms. The number of rotatable bonds is 4. The lowest BCUT2D eigenvalue weighted by Crippen LogP contribution is -2.09. The topological polar surface area (TPSA) is 55.2 Å². The molecule has 2 aromatic carbocycles. The summed E-state index contributed by atoms with van der Waals surface area (Å²) in [7, 11) is 0. The van der Waals surface area contributed by atoms with Crippen LogP contribution in [-0.2, 0) is 0 Å². The van der Waals surface area contributed by atoms with Crippen molar-refractivity contribution in [2.45, 2.75) is 13.0 Å². The second-order valence-electron chi connectivity index (χ2n) is 4.31. The normalized spacial score (nSPS) is 11.9. The molecule has 0 saturated carbocycles. The van der Waals surface area contributed by atoms with E-state index in [-0.39, 0.29) is 17.5 Å². The highest BCUT2D eigenvalue weighted by molar-refractivity contribution is 9.10. The molecule has 2 rings (SSSR count). The molecule has 0 aliphatic heterocycles. The third-order valence-electron chi connectivity index (χ3n) is 2.90. The van der Waals surface area contributed by atoms with Crippen LogP contribution >= 0.6 is 15.9 Å². The summed E-state index contributed by atoms with van der Waals surface area (Å²) in [4.78, 5) is 10.6. The average Bonchev–Trinajstić information content (AvgIpc) is 2.43. The van der Waals surface area contributed by atoms with Crippen LogP contribution in [0.15, 0.2) is 46.9 Å². The molecule has 1 atom stereocenters. The number of nitro benzene ring substituents is 1. The van der Waals surface area contributed by atoms with Crippen LogP contribution in [0.25, 0.3) is 0 Å². The van der Waals surface area contributed by atoms with Gasteiger partial charge in [-0.25, -0.2) is 4.39 Å². The zero-order valence-corrected chi connectivity index (χ0v) is 12.2. The van der Waals surface area contributed by atoms with Gasteiger partial charge in [0.25, 0.3) is 5.69 Å². The van der Waals surface area contributed by atoms with Gasteiger partial charge in [0, 0.05) is 11.8 Å². The molecule has 4 nitrogen and oxygen atoms in total. The minimum absolute atomic E-state index is 0.0464. The van der Waals surface area contributed by atoms with Crippen molar-refractivity contribution in [2.75, 3.05) is 5.32 Å². The molecule has 0 amide bonds. The zero-order chi connectivity index (χ0) is 14.7. The molecule has 0 fully saturated rings. The summed E-state index contributed by atoms with van der Waals surface area (Å²) in [5, 5.41) is 14.0. The van der Waals surface area contributed by atoms with Crippen LogP contribution in [0.4, 0.5) is 15.8 Å². The third kappa shape index (κ3) is 3.14. The number of nitro groups is 1. The van der Waals surface area contributed by atoms with Gasteiger partial charge < -0.3 is 5.32 Å². The van der Waals surface area contributed by atoms with Gasteiger partial charge in [0.1, 0.15) is 5.82 Å². The van der Waals surface area contributed by atoms with Crippen molar-refractivity contribution in [3.8, 4) is 0 Å². The van der Waals surface area contributed by atoms with Crippen LogP contribution in [0.2, 0.25) is 0 Å². The molecule has 0 aliphatic carbocycles.